The molecule has 0 radical (unpaired) electrons. The SMILES string of the molecule is COc1ccccc1C(Cc1ccccc1Br)NN. The molecule has 2 aromatic rings. The Balaban J connectivity index is 2.28. The Morgan fingerprint density at radius 2 is 1.84 bits per heavy atom. The largest absolute Gasteiger partial charge is 0.496 e. The molecule has 1 atom stereocenters. The van der Waals surface area contributed by atoms with Gasteiger partial charge in [-0.05, 0) is 24.1 Å². The number of hydrogen-bond donors (Lipinski definition) is 2. The maximum absolute atomic E-state index is 5.71. The topological polar surface area (TPSA) is 47.3 Å². The normalized spacial score (nSPS) is 12.2. The van der Waals surface area contributed by atoms with E-state index < -0.39 is 0 Å². The van der Waals surface area contributed by atoms with Crippen LogP contribution in [0.5, 0.6) is 5.75 Å². The fourth-order valence-electron chi connectivity index (χ4n) is 2.10. The van der Waals surface area contributed by atoms with Gasteiger partial charge in [0.2, 0.25) is 0 Å². The molecule has 0 saturated heterocycles. The Kier molecular flexibility index (Phi) is 4.96. The van der Waals surface area contributed by atoms with E-state index in [2.05, 4.69) is 27.4 Å². The molecule has 0 aliphatic rings. The summed E-state index contributed by atoms with van der Waals surface area (Å²) in [6.07, 6.45) is 0.790. The highest BCUT2D eigenvalue weighted by molar-refractivity contribution is 9.10. The number of hydrogen-bond acceptors (Lipinski definition) is 3. The first-order chi connectivity index (χ1) is 9.26. The van der Waals surface area contributed by atoms with E-state index in [4.69, 9.17) is 10.6 Å². The molecule has 0 aliphatic heterocycles. The van der Waals surface area contributed by atoms with Crippen molar-refractivity contribution in [3.8, 4) is 5.75 Å². The second-order valence-electron chi connectivity index (χ2n) is 4.26. The van der Waals surface area contributed by atoms with Crippen LogP contribution in [0.1, 0.15) is 17.2 Å². The quantitative estimate of drug-likeness (QED) is 0.657. The van der Waals surface area contributed by atoms with Crippen molar-refractivity contribution >= 4 is 15.9 Å². The Labute approximate surface area is 121 Å². The first-order valence-corrected chi connectivity index (χ1v) is 6.88. The summed E-state index contributed by atoms with van der Waals surface area (Å²) in [6, 6.07) is 16.1. The molecule has 0 bridgehead atoms. The average Bonchev–Trinajstić information content (AvgIpc) is 2.46. The van der Waals surface area contributed by atoms with Crippen LogP contribution in [-0.2, 0) is 6.42 Å². The number of nitrogens with two attached hydrogens (primary N) is 1. The molecule has 0 fully saturated rings. The van der Waals surface area contributed by atoms with Gasteiger partial charge in [-0.25, -0.2) is 0 Å². The maximum atomic E-state index is 5.71. The van der Waals surface area contributed by atoms with Gasteiger partial charge in [-0.2, -0.15) is 0 Å². The van der Waals surface area contributed by atoms with Crippen LogP contribution in [0.2, 0.25) is 0 Å². The first kappa shape index (κ1) is 14.1. The highest BCUT2D eigenvalue weighted by Gasteiger charge is 2.15. The van der Waals surface area contributed by atoms with Crippen molar-refractivity contribution in [2.24, 2.45) is 5.84 Å². The summed E-state index contributed by atoms with van der Waals surface area (Å²) < 4.78 is 6.48. The van der Waals surface area contributed by atoms with Crippen LogP contribution in [0.15, 0.2) is 53.0 Å². The summed E-state index contributed by atoms with van der Waals surface area (Å²) >= 11 is 3.56. The van der Waals surface area contributed by atoms with Crippen LogP contribution in [0.25, 0.3) is 0 Å². The molecule has 0 heterocycles. The standard InChI is InChI=1S/C15H17BrN2O/c1-19-15-9-5-3-7-12(15)14(18-17)10-11-6-2-4-8-13(11)16/h2-9,14,18H,10,17H2,1H3. The second-order valence-corrected chi connectivity index (χ2v) is 5.11. The Morgan fingerprint density at radius 3 is 2.53 bits per heavy atom. The number of halogens is 1. The van der Waals surface area contributed by atoms with Gasteiger partial charge in [0.05, 0.1) is 13.2 Å². The molecule has 3 N–H and O–H groups in total. The fourth-order valence-corrected chi connectivity index (χ4v) is 2.54. The van der Waals surface area contributed by atoms with E-state index in [1.165, 1.54) is 5.56 Å². The molecule has 1 unspecified atom stereocenters. The van der Waals surface area contributed by atoms with E-state index in [1.807, 2.05) is 42.5 Å². The van der Waals surface area contributed by atoms with Gasteiger partial charge in [0.25, 0.3) is 0 Å². The van der Waals surface area contributed by atoms with Crippen molar-refractivity contribution < 1.29 is 4.74 Å². The molecule has 2 rings (SSSR count). The number of ether oxygens (including phenoxy) is 1. The average molecular weight is 321 g/mol. The molecule has 0 amide bonds. The van der Waals surface area contributed by atoms with E-state index in [1.54, 1.807) is 7.11 Å². The van der Waals surface area contributed by atoms with E-state index in [9.17, 15) is 0 Å². The lowest BCUT2D eigenvalue weighted by Crippen LogP contribution is -2.30. The summed E-state index contributed by atoms with van der Waals surface area (Å²) in [5, 5.41) is 0. The maximum Gasteiger partial charge on any atom is 0.123 e. The minimum absolute atomic E-state index is 0.00912. The number of rotatable bonds is 5. The number of para-hydroxylation sites is 1. The third kappa shape index (κ3) is 3.35. The number of benzene rings is 2. The van der Waals surface area contributed by atoms with Gasteiger partial charge in [0.1, 0.15) is 5.75 Å². The van der Waals surface area contributed by atoms with Crippen molar-refractivity contribution in [2.45, 2.75) is 12.5 Å². The van der Waals surface area contributed by atoms with Crippen molar-refractivity contribution in [3.63, 3.8) is 0 Å². The van der Waals surface area contributed by atoms with Crippen molar-refractivity contribution in [1.29, 1.82) is 0 Å². The summed E-state index contributed by atoms with van der Waals surface area (Å²) in [4.78, 5) is 0. The number of nitrogens with one attached hydrogen (secondary N) is 1. The van der Waals surface area contributed by atoms with Crippen molar-refractivity contribution in [3.05, 3.63) is 64.1 Å². The molecule has 0 saturated carbocycles. The molecule has 2 aromatic carbocycles. The van der Waals surface area contributed by atoms with E-state index in [0.29, 0.717) is 0 Å². The van der Waals surface area contributed by atoms with Crippen LogP contribution in [-0.4, -0.2) is 7.11 Å². The Hall–Kier alpha value is -1.36. The molecule has 0 aromatic heterocycles. The third-order valence-corrected chi connectivity index (χ3v) is 3.87. The lowest BCUT2D eigenvalue weighted by Gasteiger charge is -2.19. The first-order valence-electron chi connectivity index (χ1n) is 6.08. The molecular weight excluding hydrogens is 304 g/mol. The fraction of sp³-hybridized carbons (Fsp3) is 0.200. The highest BCUT2D eigenvalue weighted by Crippen LogP contribution is 2.28. The van der Waals surface area contributed by atoms with Crippen LogP contribution >= 0.6 is 15.9 Å². The zero-order valence-electron chi connectivity index (χ0n) is 10.8. The molecule has 19 heavy (non-hydrogen) atoms. The molecule has 0 spiro atoms. The van der Waals surface area contributed by atoms with Crippen LogP contribution in [0, 0.1) is 0 Å². The van der Waals surface area contributed by atoms with Gasteiger partial charge in [0, 0.05) is 10.0 Å². The Bertz CT molecular complexity index is 545. The lowest BCUT2D eigenvalue weighted by atomic mass is 9.98. The monoisotopic (exact) mass is 320 g/mol. The summed E-state index contributed by atoms with van der Waals surface area (Å²) in [5.74, 6) is 6.55. The summed E-state index contributed by atoms with van der Waals surface area (Å²) in [7, 11) is 1.67. The zero-order valence-corrected chi connectivity index (χ0v) is 12.4. The van der Waals surface area contributed by atoms with Gasteiger partial charge in [-0.1, -0.05) is 52.3 Å². The second kappa shape index (κ2) is 6.70. The summed E-state index contributed by atoms with van der Waals surface area (Å²) in [6.45, 7) is 0. The van der Waals surface area contributed by atoms with Crippen molar-refractivity contribution in [2.75, 3.05) is 7.11 Å². The van der Waals surface area contributed by atoms with Crippen LogP contribution < -0.4 is 16.0 Å². The lowest BCUT2D eigenvalue weighted by molar-refractivity contribution is 0.399. The van der Waals surface area contributed by atoms with E-state index >= 15 is 0 Å². The minimum Gasteiger partial charge on any atom is -0.496 e. The molecule has 0 aliphatic carbocycles. The van der Waals surface area contributed by atoms with Crippen molar-refractivity contribution in [1.82, 2.24) is 5.43 Å². The van der Waals surface area contributed by atoms with Gasteiger partial charge in [0.15, 0.2) is 0 Å². The highest BCUT2D eigenvalue weighted by atomic mass is 79.9. The minimum atomic E-state index is 0.00912. The van der Waals surface area contributed by atoms with Gasteiger partial charge < -0.3 is 4.74 Å². The predicted molar refractivity (Wildman–Crippen MR) is 80.9 cm³/mol. The van der Waals surface area contributed by atoms with Gasteiger partial charge in [-0.3, -0.25) is 11.3 Å². The molecule has 100 valence electrons. The molecule has 4 heteroatoms. The zero-order chi connectivity index (χ0) is 13.7. The summed E-state index contributed by atoms with van der Waals surface area (Å²) in [5.41, 5.74) is 5.13. The predicted octanol–water partition coefficient (Wildman–Crippen LogP) is 3.20. The smallest absolute Gasteiger partial charge is 0.123 e. The van der Waals surface area contributed by atoms with Crippen LogP contribution in [0.3, 0.4) is 0 Å². The van der Waals surface area contributed by atoms with E-state index in [0.717, 1.165) is 22.2 Å². The third-order valence-electron chi connectivity index (χ3n) is 3.10. The Morgan fingerprint density at radius 1 is 1.16 bits per heavy atom. The van der Waals surface area contributed by atoms with Gasteiger partial charge >= 0.3 is 0 Å². The molecular formula is C15H17BrN2O. The van der Waals surface area contributed by atoms with Crippen LogP contribution in [0.4, 0.5) is 0 Å². The molecule has 3 nitrogen and oxygen atoms in total. The number of hydrazine groups is 1. The number of methoxy groups -OCH3 is 1. The van der Waals surface area contributed by atoms with Gasteiger partial charge in [-0.15, -0.1) is 0 Å². The van der Waals surface area contributed by atoms with E-state index in [-0.39, 0.29) is 6.04 Å².